The van der Waals surface area contributed by atoms with E-state index in [1.807, 2.05) is 0 Å². The van der Waals surface area contributed by atoms with Gasteiger partial charge in [-0.1, -0.05) is 13.8 Å². The van der Waals surface area contributed by atoms with E-state index in [4.69, 9.17) is 30.7 Å². The van der Waals surface area contributed by atoms with E-state index in [2.05, 4.69) is 15.1 Å². The number of methoxy groups -OCH3 is 1. The molecule has 1 aliphatic heterocycles. The third kappa shape index (κ3) is 7.55. The van der Waals surface area contributed by atoms with Crippen LogP contribution < -0.4 is 24.4 Å². The monoisotopic (exact) mass is 683 g/mol. The molecular weight excluding hydrogens is 650 g/mol. The quantitative estimate of drug-likeness (QED) is 0.131. The number of nitrogens with zero attached hydrogens (tertiary/aromatic N) is 1. The number of benzene rings is 2. The van der Waals surface area contributed by atoms with Crippen LogP contribution in [-0.2, 0) is 20.7 Å². The number of rotatable bonds is 12. The lowest BCUT2D eigenvalue weighted by Crippen LogP contribution is -2.51. The smallest absolute Gasteiger partial charge is 0.424 e. The zero-order chi connectivity index (χ0) is 34.7. The van der Waals surface area contributed by atoms with E-state index in [0.717, 1.165) is 18.2 Å². The van der Waals surface area contributed by atoms with E-state index in [-0.39, 0.29) is 58.8 Å². The maximum Gasteiger partial charge on any atom is 0.424 e. The van der Waals surface area contributed by atoms with Gasteiger partial charge >= 0.3 is 12.1 Å². The van der Waals surface area contributed by atoms with Crippen molar-refractivity contribution in [3.63, 3.8) is 0 Å². The minimum absolute atomic E-state index is 0.0318. The Kier molecular flexibility index (Phi) is 10.6. The molecule has 1 amide bonds. The van der Waals surface area contributed by atoms with Gasteiger partial charge in [-0.15, -0.1) is 0 Å². The van der Waals surface area contributed by atoms with Crippen molar-refractivity contribution in [2.75, 3.05) is 26.9 Å². The van der Waals surface area contributed by atoms with Crippen LogP contribution in [0.15, 0.2) is 48.5 Å². The first-order valence-corrected chi connectivity index (χ1v) is 14.8. The van der Waals surface area contributed by atoms with E-state index in [9.17, 15) is 32.3 Å². The average Bonchev–Trinajstić information content (AvgIpc) is 3.38. The molecule has 0 radical (unpaired) electrons. The normalized spacial score (nSPS) is 17.7. The predicted molar refractivity (Wildman–Crippen MR) is 163 cm³/mol. The summed E-state index contributed by atoms with van der Waals surface area (Å²) in [5.41, 5.74) is -5.50. The first kappa shape index (κ1) is 35.7. The van der Waals surface area contributed by atoms with E-state index in [1.54, 1.807) is 27.7 Å². The maximum absolute atomic E-state index is 14.7. The SMILES string of the molecule is COc1cc(C(=O)NCC(O)(c2cc3c(c(-c4ccc(F)cc4)n2)OCC3(C)NCl)C(F)(F)F)ccc1OCC(C)OC(=O)C(C)C. The molecule has 0 fully saturated rings. The van der Waals surface area contributed by atoms with Gasteiger partial charge in [-0.25, -0.2) is 14.2 Å². The van der Waals surface area contributed by atoms with Gasteiger partial charge in [0.25, 0.3) is 5.91 Å². The molecule has 3 aromatic rings. The van der Waals surface area contributed by atoms with E-state index in [1.165, 1.54) is 37.4 Å². The van der Waals surface area contributed by atoms with Crippen LogP contribution in [0, 0.1) is 11.7 Å². The summed E-state index contributed by atoms with van der Waals surface area (Å²) in [6.45, 7) is 5.16. The van der Waals surface area contributed by atoms with Crippen LogP contribution in [0.4, 0.5) is 17.6 Å². The Hall–Kier alpha value is -4.14. The molecule has 1 aromatic heterocycles. The number of aromatic nitrogens is 1. The maximum atomic E-state index is 14.7. The Labute approximate surface area is 273 Å². The lowest BCUT2D eigenvalue weighted by atomic mass is 9.89. The van der Waals surface area contributed by atoms with Gasteiger partial charge in [-0.3, -0.25) is 9.59 Å². The van der Waals surface area contributed by atoms with Gasteiger partial charge in [0.1, 0.15) is 30.8 Å². The second-order valence-corrected chi connectivity index (χ2v) is 11.8. The highest BCUT2D eigenvalue weighted by Crippen LogP contribution is 2.47. The van der Waals surface area contributed by atoms with Crippen LogP contribution >= 0.6 is 11.8 Å². The summed E-state index contributed by atoms with van der Waals surface area (Å²) in [4.78, 5) is 31.5. The van der Waals surface area contributed by atoms with Crippen LogP contribution in [0.1, 0.15) is 49.3 Å². The summed E-state index contributed by atoms with van der Waals surface area (Å²) >= 11 is 5.94. The standard InChI is InChI=1S/C32H34ClF4N3O7/c1-17(2)29(42)47-18(3)14-45-23-11-8-20(12-24(23)44-5)28(41)38-15-31(43,32(35,36)37)25-13-22-27(46-16-30(22,4)40-33)26(39-25)19-6-9-21(34)10-7-19/h6-13,17-18,40,43H,14-16H2,1-5H3,(H,38,41). The largest absolute Gasteiger partial charge is 0.493 e. The van der Waals surface area contributed by atoms with Crippen molar-refractivity contribution in [2.24, 2.45) is 5.92 Å². The summed E-state index contributed by atoms with van der Waals surface area (Å²) in [5, 5.41) is 13.4. The first-order chi connectivity index (χ1) is 22.0. The molecule has 1 aliphatic rings. The molecule has 254 valence electrons. The molecule has 0 spiro atoms. The number of hydrogen-bond donors (Lipinski definition) is 3. The highest BCUT2D eigenvalue weighted by molar-refractivity contribution is 6.14. The molecule has 0 bridgehead atoms. The van der Waals surface area contributed by atoms with E-state index < -0.39 is 53.4 Å². The molecule has 10 nitrogen and oxygen atoms in total. The third-order valence-electron chi connectivity index (χ3n) is 7.48. The highest BCUT2D eigenvalue weighted by atomic mass is 35.5. The lowest BCUT2D eigenvalue weighted by molar-refractivity contribution is -0.265. The van der Waals surface area contributed by atoms with Crippen LogP contribution in [0.5, 0.6) is 17.2 Å². The molecule has 4 rings (SSSR count). The highest BCUT2D eigenvalue weighted by Gasteiger charge is 2.57. The van der Waals surface area contributed by atoms with Crippen LogP contribution in [0.3, 0.4) is 0 Å². The van der Waals surface area contributed by atoms with E-state index in [0.29, 0.717) is 0 Å². The Bertz CT molecular complexity index is 1620. The number of ether oxygens (including phenoxy) is 4. The molecular formula is C32H34ClF4N3O7. The molecule has 15 heteroatoms. The fourth-order valence-corrected chi connectivity index (χ4v) is 4.78. The average molecular weight is 684 g/mol. The van der Waals surface area contributed by atoms with Crippen molar-refractivity contribution in [3.05, 3.63) is 71.2 Å². The number of carbonyl (C=O) groups excluding carboxylic acids is 2. The summed E-state index contributed by atoms with van der Waals surface area (Å²) in [6.07, 6.45) is -5.92. The van der Waals surface area contributed by atoms with Crippen molar-refractivity contribution >= 4 is 23.7 Å². The van der Waals surface area contributed by atoms with Gasteiger partial charge in [0.15, 0.2) is 17.2 Å². The van der Waals surface area contributed by atoms with Gasteiger partial charge in [0.05, 0.1) is 30.8 Å². The fourth-order valence-electron chi connectivity index (χ4n) is 4.63. The minimum Gasteiger partial charge on any atom is -0.493 e. The number of pyridine rings is 1. The fraction of sp³-hybridized carbons (Fsp3) is 0.406. The number of aliphatic hydroxyl groups is 1. The molecule has 2 heterocycles. The van der Waals surface area contributed by atoms with E-state index >= 15 is 0 Å². The van der Waals surface area contributed by atoms with Crippen molar-refractivity contribution in [1.29, 1.82) is 0 Å². The number of nitrogens with one attached hydrogen (secondary N) is 2. The number of amides is 1. The molecule has 47 heavy (non-hydrogen) atoms. The van der Waals surface area contributed by atoms with Gasteiger partial charge in [0, 0.05) is 16.7 Å². The van der Waals surface area contributed by atoms with Crippen molar-refractivity contribution in [3.8, 4) is 28.5 Å². The summed E-state index contributed by atoms with van der Waals surface area (Å²) in [6, 6.07) is 9.75. The zero-order valence-electron chi connectivity index (χ0n) is 26.1. The first-order valence-electron chi connectivity index (χ1n) is 14.4. The number of fused-ring (bicyclic) bond motifs is 1. The van der Waals surface area contributed by atoms with Crippen LogP contribution in [0.2, 0.25) is 0 Å². The molecule has 0 saturated carbocycles. The van der Waals surface area contributed by atoms with Crippen molar-refractivity contribution in [2.45, 2.75) is 51.1 Å². The van der Waals surface area contributed by atoms with Gasteiger partial charge in [0.2, 0.25) is 5.60 Å². The number of hydrogen-bond acceptors (Lipinski definition) is 9. The van der Waals surface area contributed by atoms with Gasteiger partial charge in [-0.05, 0) is 74.2 Å². The molecule has 3 atom stereocenters. The van der Waals surface area contributed by atoms with Crippen molar-refractivity contribution in [1.82, 2.24) is 15.1 Å². The molecule has 0 aliphatic carbocycles. The molecule has 0 saturated heterocycles. The number of alkyl halides is 3. The van der Waals surface area contributed by atoms with Crippen LogP contribution in [-0.4, -0.2) is 61.1 Å². The second-order valence-electron chi connectivity index (χ2n) is 11.6. The molecule has 3 N–H and O–H groups in total. The summed E-state index contributed by atoms with van der Waals surface area (Å²) in [7, 11) is 1.31. The minimum atomic E-state index is -5.32. The van der Waals surface area contributed by atoms with Crippen LogP contribution in [0.25, 0.3) is 11.3 Å². The summed E-state index contributed by atoms with van der Waals surface area (Å²) in [5.74, 6) is -1.90. The predicted octanol–water partition coefficient (Wildman–Crippen LogP) is 5.39. The lowest BCUT2D eigenvalue weighted by Gasteiger charge is -2.31. The third-order valence-corrected chi connectivity index (χ3v) is 7.90. The topological polar surface area (TPSA) is 128 Å². The Morgan fingerprint density at radius 2 is 1.79 bits per heavy atom. The summed E-state index contributed by atoms with van der Waals surface area (Å²) < 4.78 is 79.6. The second kappa shape index (κ2) is 13.9. The molecule has 3 unspecified atom stereocenters. The zero-order valence-corrected chi connectivity index (χ0v) is 26.9. The number of carbonyl (C=O) groups is 2. The number of halogens is 5. The van der Waals surface area contributed by atoms with Crippen molar-refractivity contribution < 1.29 is 51.2 Å². The molecule has 2 aromatic carbocycles. The van der Waals surface area contributed by atoms with Gasteiger partial charge in [-0.2, -0.15) is 13.2 Å². The Morgan fingerprint density at radius 3 is 2.38 bits per heavy atom. The Balaban J connectivity index is 1.61. The Morgan fingerprint density at radius 1 is 1.11 bits per heavy atom. The van der Waals surface area contributed by atoms with Gasteiger partial charge < -0.3 is 29.4 Å². The number of esters is 1.